The van der Waals surface area contributed by atoms with E-state index in [1.165, 1.54) is 14.2 Å². The van der Waals surface area contributed by atoms with Crippen LogP contribution in [-0.4, -0.2) is 38.6 Å². The maximum absolute atomic E-state index is 12.0. The molecule has 1 atom stereocenters. The Bertz CT molecular complexity index is 517. The first-order valence-corrected chi connectivity index (χ1v) is 7.31. The van der Waals surface area contributed by atoms with Gasteiger partial charge in [-0.05, 0) is 31.5 Å². The van der Waals surface area contributed by atoms with Crippen molar-refractivity contribution in [2.45, 2.75) is 32.7 Å². The number of methoxy groups -OCH3 is 2. The van der Waals surface area contributed by atoms with Crippen molar-refractivity contribution in [2.75, 3.05) is 20.8 Å². The first-order valence-electron chi connectivity index (χ1n) is 7.31. The molecule has 0 radical (unpaired) electrons. The maximum atomic E-state index is 12.0. The van der Waals surface area contributed by atoms with Crippen molar-refractivity contribution < 1.29 is 19.1 Å². The predicted molar refractivity (Wildman–Crippen MR) is 84.4 cm³/mol. The van der Waals surface area contributed by atoms with E-state index in [-0.39, 0.29) is 30.8 Å². The van der Waals surface area contributed by atoms with Crippen molar-refractivity contribution in [3.63, 3.8) is 0 Å². The van der Waals surface area contributed by atoms with Crippen LogP contribution in [0.4, 0.5) is 0 Å². The molecule has 0 aromatic heterocycles. The molecule has 0 spiro atoms. The molecule has 0 heterocycles. The molecule has 0 bridgehead atoms. The summed E-state index contributed by atoms with van der Waals surface area (Å²) in [6.07, 6.45) is 1.13. The molecule has 0 fully saturated rings. The number of rotatable bonds is 8. The van der Waals surface area contributed by atoms with Gasteiger partial charge in [0.15, 0.2) is 11.5 Å². The average Bonchev–Trinajstić information content (AvgIpc) is 2.53. The van der Waals surface area contributed by atoms with Gasteiger partial charge in [-0.3, -0.25) is 9.59 Å². The van der Waals surface area contributed by atoms with Crippen molar-refractivity contribution in [1.29, 1.82) is 0 Å². The lowest BCUT2D eigenvalue weighted by molar-refractivity contribution is -0.121. The van der Waals surface area contributed by atoms with E-state index in [1.54, 1.807) is 18.2 Å². The SMILES string of the molecule is CCC(C)NC(=O)CCNC(=O)c1ccc(OC)c(OC)c1. The molecule has 2 amide bonds. The third kappa shape index (κ3) is 5.27. The van der Waals surface area contributed by atoms with E-state index in [2.05, 4.69) is 10.6 Å². The Morgan fingerprint density at radius 1 is 1.18 bits per heavy atom. The Labute approximate surface area is 131 Å². The van der Waals surface area contributed by atoms with Crippen molar-refractivity contribution >= 4 is 11.8 Å². The van der Waals surface area contributed by atoms with Crippen LogP contribution in [0.15, 0.2) is 18.2 Å². The summed E-state index contributed by atoms with van der Waals surface area (Å²) in [5.41, 5.74) is 0.458. The van der Waals surface area contributed by atoms with Gasteiger partial charge in [-0.25, -0.2) is 0 Å². The number of ether oxygens (including phenoxy) is 2. The zero-order valence-electron chi connectivity index (χ0n) is 13.6. The van der Waals surface area contributed by atoms with E-state index in [1.807, 2.05) is 13.8 Å². The highest BCUT2D eigenvalue weighted by molar-refractivity contribution is 5.95. The second-order valence-corrected chi connectivity index (χ2v) is 4.95. The quantitative estimate of drug-likeness (QED) is 0.767. The van der Waals surface area contributed by atoms with Gasteiger partial charge in [-0.15, -0.1) is 0 Å². The Balaban J connectivity index is 2.50. The third-order valence-corrected chi connectivity index (χ3v) is 3.30. The van der Waals surface area contributed by atoms with Crippen molar-refractivity contribution in [3.8, 4) is 11.5 Å². The first-order chi connectivity index (χ1) is 10.5. The summed E-state index contributed by atoms with van der Waals surface area (Å²) in [7, 11) is 3.05. The largest absolute Gasteiger partial charge is 0.493 e. The summed E-state index contributed by atoms with van der Waals surface area (Å²) in [5.74, 6) is 0.732. The number of carbonyl (C=O) groups is 2. The number of amides is 2. The Morgan fingerprint density at radius 2 is 1.86 bits per heavy atom. The minimum absolute atomic E-state index is 0.0676. The number of nitrogens with one attached hydrogen (secondary N) is 2. The highest BCUT2D eigenvalue weighted by Crippen LogP contribution is 2.27. The van der Waals surface area contributed by atoms with Crippen LogP contribution in [0, 0.1) is 0 Å². The molecule has 6 heteroatoms. The predicted octanol–water partition coefficient (Wildman–Crippen LogP) is 1.74. The fourth-order valence-electron chi connectivity index (χ4n) is 1.82. The van der Waals surface area contributed by atoms with Gasteiger partial charge in [0.25, 0.3) is 5.91 Å². The van der Waals surface area contributed by atoms with Gasteiger partial charge in [0, 0.05) is 24.6 Å². The van der Waals surface area contributed by atoms with E-state index >= 15 is 0 Å². The first kappa shape index (κ1) is 17.8. The molecule has 122 valence electrons. The van der Waals surface area contributed by atoms with Crippen LogP contribution in [-0.2, 0) is 4.79 Å². The average molecular weight is 308 g/mol. The highest BCUT2D eigenvalue weighted by Gasteiger charge is 2.11. The summed E-state index contributed by atoms with van der Waals surface area (Å²) in [6, 6.07) is 5.07. The Hall–Kier alpha value is -2.24. The number of hydrogen-bond donors (Lipinski definition) is 2. The lowest BCUT2D eigenvalue weighted by Crippen LogP contribution is -2.35. The zero-order valence-corrected chi connectivity index (χ0v) is 13.6. The second kappa shape index (κ2) is 8.92. The minimum Gasteiger partial charge on any atom is -0.493 e. The van der Waals surface area contributed by atoms with E-state index < -0.39 is 0 Å². The van der Waals surface area contributed by atoms with E-state index in [0.29, 0.717) is 17.1 Å². The van der Waals surface area contributed by atoms with Crippen LogP contribution >= 0.6 is 0 Å². The molecule has 22 heavy (non-hydrogen) atoms. The maximum Gasteiger partial charge on any atom is 0.251 e. The van der Waals surface area contributed by atoms with Crippen LogP contribution in [0.5, 0.6) is 11.5 Å². The molecule has 2 N–H and O–H groups in total. The Kier molecular flexibility index (Phi) is 7.22. The molecule has 1 unspecified atom stereocenters. The topological polar surface area (TPSA) is 76.7 Å². The van der Waals surface area contributed by atoms with Crippen LogP contribution in [0.1, 0.15) is 37.0 Å². The molecule has 6 nitrogen and oxygen atoms in total. The fourth-order valence-corrected chi connectivity index (χ4v) is 1.82. The van der Waals surface area contributed by atoms with Gasteiger partial charge < -0.3 is 20.1 Å². The third-order valence-electron chi connectivity index (χ3n) is 3.30. The van der Waals surface area contributed by atoms with Crippen molar-refractivity contribution in [3.05, 3.63) is 23.8 Å². The minimum atomic E-state index is -0.253. The van der Waals surface area contributed by atoms with Gasteiger partial charge in [-0.2, -0.15) is 0 Å². The van der Waals surface area contributed by atoms with Crippen LogP contribution in [0.3, 0.4) is 0 Å². The molecule has 0 saturated carbocycles. The number of carbonyl (C=O) groups excluding carboxylic acids is 2. The van der Waals surface area contributed by atoms with Gasteiger partial charge >= 0.3 is 0 Å². The highest BCUT2D eigenvalue weighted by atomic mass is 16.5. The summed E-state index contributed by atoms with van der Waals surface area (Å²) < 4.78 is 10.3. The lowest BCUT2D eigenvalue weighted by Gasteiger charge is -2.12. The van der Waals surface area contributed by atoms with Gasteiger partial charge in [0.2, 0.25) is 5.91 Å². The monoisotopic (exact) mass is 308 g/mol. The molecular weight excluding hydrogens is 284 g/mol. The molecular formula is C16H24N2O4. The van der Waals surface area contributed by atoms with E-state index in [4.69, 9.17) is 9.47 Å². The molecule has 1 aromatic rings. The summed E-state index contributed by atoms with van der Waals surface area (Å²) in [5, 5.41) is 5.56. The molecule has 0 aliphatic heterocycles. The van der Waals surface area contributed by atoms with E-state index in [0.717, 1.165) is 6.42 Å². The number of benzene rings is 1. The molecule has 0 aliphatic carbocycles. The summed E-state index contributed by atoms with van der Waals surface area (Å²) in [4.78, 5) is 23.6. The number of hydrogen-bond acceptors (Lipinski definition) is 4. The van der Waals surface area contributed by atoms with Crippen LogP contribution < -0.4 is 20.1 Å². The van der Waals surface area contributed by atoms with Crippen molar-refractivity contribution in [1.82, 2.24) is 10.6 Å². The lowest BCUT2D eigenvalue weighted by atomic mass is 10.2. The fraction of sp³-hybridized carbons (Fsp3) is 0.500. The molecule has 1 rings (SSSR count). The second-order valence-electron chi connectivity index (χ2n) is 4.95. The van der Waals surface area contributed by atoms with E-state index in [9.17, 15) is 9.59 Å². The summed E-state index contributed by atoms with van der Waals surface area (Å²) in [6.45, 7) is 4.24. The van der Waals surface area contributed by atoms with Gasteiger partial charge in [0.05, 0.1) is 14.2 Å². The zero-order chi connectivity index (χ0) is 16.5. The Morgan fingerprint density at radius 3 is 2.45 bits per heavy atom. The molecule has 0 aliphatic rings. The van der Waals surface area contributed by atoms with Crippen LogP contribution in [0.25, 0.3) is 0 Å². The van der Waals surface area contributed by atoms with Crippen LogP contribution in [0.2, 0.25) is 0 Å². The standard InChI is InChI=1S/C16H24N2O4/c1-5-11(2)18-15(19)8-9-17-16(20)12-6-7-13(21-3)14(10-12)22-4/h6-7,10-11H,5,8-9H2,1-4H3,(H,17,20)(H,18,19). The normalized spacial score (nSPS) is 11.5. The molecule has 0 saturated heterocycles. The molecule has 1 aromatic carbocycles. The van der Waals surface area contributed by atoms with Gasteiger partial charge in [-0.1, -0.05) is 6.92 Å². The van der Waals surface area contributed by atoms with Crippen molar-refractivity contribution in [2.24, 2.45) is 0 Å². The summed E-state index contributed by atoms with van der Waals surface area (Å²) >= 11 is 0. The smallest absolute Gasteiger partial charge is 0.251 e. The van der Waals surface area contributed by atoms with Gasteiger partial charge in [0.1, 0.15) is 0 Å².